The molecule has 1 aliphatic rings. The molecule has 0 radical (unpaired) electrons. The van der Waals surface area contributed by atoms with Gasteiger partial charge in [-0.1, -0.05) is 25.5 Å². The minimum absolute atomic E-state index is 0.236. The second-order valence-electron chi connectivity index (χ2n) is 3.19. The fourth-order valence-corrected chi connectivity index (χ4v) is 1.25. The molecule has 0 amide bonds. The van der Waals surface area contributed by atoms with Crippen LogP contribution in [0.2, 0.25) is 0 Å². The molecule has 3 heteroatoms. The van der Waals surface area contributed by atoms with Gasteiger partial charge in [0.15, 0.2) is 0 Å². The van der Waals surface area contributed by atoms with Crippen LogP contribution < -0.4 is 0 Å². The highest BCUT2D eigenvalue weighted by molar-refractivity contribution is 5.94. The molecular weight excluding hydrogens is 168 g/mol. The largest absolute Gasteiger partial charge is 0.393 e. The Balaban J connectivity index is 2.29. The predicted octanol–water partition coefficient (Wildman–Crippen LogP) is 1.82. The summed E-state index contributed by atoms with van der Waals surface area (Å²) in [6, 6.07) is 0. The van der Waals surface area contributed by atoms with Crippen molar-refractivity contribution in [3.05, 3.63) is 12.2 Å². The second kappa shape index (κ2) is 4.80. The SMILES string of the molecule is CCC/C=C\CC1CC(=O)OC1=O. The Kier molecular flexibility index (Phi) is 3.68. The van der Waals surface area contributed by atoms with Gasteiger partial charge in [0, 0.05) is 0 Å². The van der Waals surface area contributed by atoms with Crippen LogP contribution in [0.15, 0.2) is 12.2 Å². The summed E-state index contributed by atoms with van der Waals surface area (Å²) < 4.78 is 4.42. The van der Waals surface area contributed by atoms with Crippen LogP contribution in [0.5, 0.6) is 0 Å². The molecule has 0 spiro atoms. The standard InChI is InChI=1S/C10H14O3/c1-2-3-4-5-6-8-7-9(11)13-10(8)12/h4-5,8H,2-3,6-7H2,1H3/b5-4-. The molecule has 1 rings (SSSR count). The van der Waals surface area contributed by atoms with Gasteiger partial charge in [0.05, 0.1) is 12.3 Å². The van der Waals surface area contributed by atoms with Crippen molar-refractivity contribution >= 4 is 11.9 Å². The van der Waals surface area contributed by atoms with Crippen molar-refractivity contribution < 1.29 is 14.3 Å². The molecular formula is C10H14O3. The zero-order chi connectivity index (χ0) is 9.68. The molecule has 0 aliphatic carbocycles. The molecule has 72 valence electrons. The molecule has 0 aromatic rings. The Labute approximate surface area is 77.8 Å². The molecule has 0 N–H and O–H groups in total. The number of esters is 2. The van der Waals surface area contributed by atoms with Crippen molar-refractivity contribution in [3.8, 4) is 0 Å². The summed E-state index contributed by atoms with van der Waals surface area (Å²) in [4.78, 5) is 21.7. The van der Waals surface area contributed by atoms with Crippen LogP contribution in [0.25, 0.3) is 0 Å². The Hall–Kier alpha value is -1.12. The van der Waals surface area contributed by atoms with Crippen molar-refractivity contribution in [2.75, 3.05) is 0 Å². The third-order valence-electron chi connectivity index (χ3n) is 2.00. The molecule has 0 aromatic carbocycles. The third kappa shape index (κ3) is 3.01. The maximum absolute atomic E-state index is 11.0. The summed E-state index contributed by atoms with van der Waals surface area (Å²) in [7, 11) is 0. The van der Waals surface area contributed by atoms with E-state index in [1.165, 1.54) is 0 Å². The molecule has 0 saturated carbocycles. The van der Waals surface area contributed by atoms with Crippen molar-refractivity contribution in [1.82, 2.24) is 0 Å². The van der Waals surface area contributed by atoms with Crippen LogP contribution >= 0.6 is 0 Å². The van der Waals surface area contributed by atoms with E-state index >= 15 is 0 Å². The summed E-state index contributed by atoms with van der Waals surface area (Å²) in [6.07, 6.45) is 6.99. The average Bonchev–Trinajstić information content (AvgIpc) is 2.39. The highest BCUT2D eigenvalue weighted by atomic mass is 16.6. The monoisotopic (exact) mass is 182 g/mol. The van der Waals surface area contributed by atoms with Gasteiger partial charge in [0.25, 0.3) is 0 Å². The van der Waals surface area contributed by atoms with Gasteiger partial charge in [-0.25, -0.2) is 0 Å². The summed E-state index contributed by atoms with van der Waals surface area (Å²) in [5, 5.41) is 0. The van der Waals surface area contributed by atoms with E-state index in [1.54, 1.807) is 0 Å². The van der Waals surface area contributed by atoms with Gasteiger partial charge in [0.1, 0.15) is 0 Å². The zero-order valence-electron chi connectivity index (χ0n) is 7.79. The van der Waals surface area contributed by atoms with Crippen molar-refractivity contribution in [2.45, 2.75) is 32.6 Å². The molecule has 1 fully saturated rings. The lowest BCUT2D eigenvalue weighted by molar-refractivity contribution is -0.153. The van der Waals surface area contributed by atoms with E-state index in [2.05, 4.69) is 11.7 Å². The molecule has 0 bridgehead atoms. The van der Waals surface area contributed by atoms with Gasteiger partial charge in [-0.2, -0.15) is 0 Å². The minimum atomic E-state index is -0.390. The smallest absolute Gasteiger partial charge is 0.317 e. The van der Waals surface area contributed by atoms with Crippen LogP contribution in [0, 0.1) is 5.92 Å². The van der Waals surface area contributed by atoms with Gasteiger partial charge in [-0.05, 0) is 12.8 Å². The maximum Gasteiger partial charge on any atom is 0.317 e. The fourth-order valence-electron chi connectivity index (χ4n) is 1.25. The van der Waals surface area contributed by atoms with E-state index in [0.29, 0.717) is 6.42 Å². The first-order chi connectivity index (χ1) is 6.24. The van der Waals surface area contributed by atoms with Crippen molar-refractivity contribution in [2.24, 2.45) is 5.92 Å². The van der Waals surface area contributed by atoms with E-state index < -0.39 is 0 Å². The lowest BCUT2D eigenvalue weighted by Gasteiger charge is -1.97. The van der Waals surface area contributed by atoms with Gasteiger partial charge >= 0.3 is 11.9 Å². The summed E-state index contributed by atoms with van der Waals surface area (Å²) >= 11 is 0. The number of rotatable bonds is 4. The molecule has 1 atom stereocenters. The molecule has 1 aliphatic heterocycles. The first-order valence-electron chi connectivity index (χ1n) is 4.63. The lowest BCUT2D eigenvalue weighted by Crippen LogP contribution is -2.05. The first-order valence-corrected chi connectivity index (χ1v) is 4.63. The number of hydrogen-bond acceptors (Lipinski definition) is 3. The topological polar surface area (TPSA) is 43.4 Å². The number of allylic oxidation sites excluding steroid dienone is 2. The Bertz CT molecular complexity index is 230. The third-order valence-corrected chi connectivity index (χ3v) is 2.00. The molecule has 0 aromatic heterocycles. The highest BCUT2D eigenvalue weighted by Gasteiger charge is 2.31. The van der Waals surface area contributed by atoms with E-state index in [0.717, 1.165) is 12.8 Å². The Morgan fingerprint density at radius 3 is 2.77 bits per heavy atom. The van der Waals surface area contributed by atoms with Crippen molar-refractivity contribution in [1.29, 1.82) is 0 Å². The Morgan fingerprint density at radius 1 is 1.46 bits per heavy atom. The minimum Gasteiger partial charge on any atom is -0.393 e. The molecule has 3 nitrogen and oxygen atoms in total. The molecule has 1 saturated heterocycles. The number of carbonyl (C=O) groups excluding carboxylic acids is 2. The van der Waals surface area contributed by atoms with Gasteiger partial charge < -0.3 is 4.74 Å². The normalized spacial score (nSPS) is 22.7. The second-order valence-corrected chi connectivity index (χ2v) is 3.19. The molecule has 1 unspecified atom stereocenters. The van der Waals surface area contributed by atoms with Gasteiger partial charge in [-0.15, -0.1) is 0 Å². The lowest BCUT2D eigenvalue weighted by atomic mass is 10.0. The summed E-state index contributed by atoms with van der Waals surface area (Å²) in [5.41, 5.74) is 0. The van der Waals surface area contributed by atoms with Crippen LogP contribution in [-0.4, -0.2) is 11.9 Å². The molecule has 13 heavy (non-hydrogen) atoms. The van der Waals surface area contributed by atoms with Crippen LogP contribution in [0.1, 0.15) is 32.6 Å². The molecule has 1 heterocycles. The van der Waals surface area contributed by atoms with E-state index in [-0.39, 0.29) is 24.3 Å². The van der Waals surface area contributed by atoms with Crippen LogP contribution in [0.4, 0.5) is 0 Å². The van der Waals surface area contributed by atoms with E-state index in [9.17, 15) is 9.59 Å². The maximum atomic E-state index is 11.0. The summed E-state index contributed by atoms with van der Waals surface area (Å²) in [5.74, 6) is -0.995. The van der Waals surface area contributed by atoms with Crippen LogP contribution in [-0.2, 0) is 14.3 Å². The highest BCUT2D eigenvalue weighted by Crippen LogP contribution is 2.19. The average molecular weight is 182 g/mol. The first kappa shape index (κ1) is 9.96. The zero-order valence-corrected chi connectivity index (χ0v) is 7.79. The Morgan fingerprint density at radius 2 is 2.23 bits per heavy atom. The van der Waals surface area contributed by atoms with E-state index in [1.807, 2.05) is 12.2 Å². The quantitative estimate of drug-likeness (QED) is 0.378. The van der Waals surface area contributed by atoms with Gasteiger partial charge in [-0.3, -0.25) is 9.59 Å². The number of unbranched alkanes of at least 4 members (excludes halogenated alkanes) is 1. The van der Waals surface area contributed by atoms with Crippen molar-refractivity contribution in [3.63, 3.8) is 0 Å². The number of carbonyl (C=O) groups is 2. The van der Waals surface area contributed by atoms with Gasteiger partial charge in [0.2, 0.25) is 0 Å². The number of hydrogen-bond donors (Lipinski definition) is 0. The predicted molar refractivity (Wildman–Crippen MR) is 47.9 cm³/mol. The van der Waals surface area contributed by atoms with E-state index in [4.69, 9.17) is 0 Å². The number of cyclic esters (lactones) is 2. The van der Waals surface area contributed by atoms with Crippen LogP contribution in [0.3, 0.4) is 0 Å². The number of ether oxygens (including phenoxy) is 1. The summed E-state index contributed by atoms with van der Waals surface area (Å²) in [6.45, 7) is 2.09. The fraction of sp³-hybridized carbons (Fsp3) is 0.600.